The summed E-state index contributed by atoms with van der Waals surface area (Å²) in [6.45, 7) is 0. The maximum absolute atomic E-state index is 13.5. The molecular formula is C13H10FN3O4. The number of halogens is 1. The van der Waals surface area contributed by atoms with Gasteiger partial charge in [-0.05, 0) is 18.2 Å². The van der Waals surface area contributed by atoms with Crippen molar-refractivity contribution < 1.29 is 23.8 Å². The summed E-state index contributed by atoms with van der Waals surface area (Å²) < 4.78 is 18.7. The molecule has 8 heteroatoms. The zero-order valence-corrected chi connectivity index (χ0v) is 10.8. The molecule has 2 N–H and O–H groups in total. The predicted molar refractivity (Wildman–Crippen MR) is 68.9 cm³/mol. The van der Waals surface area contributed by atoms with Crippen LogP contribution in [0.1, 0.15) is 20.8 Å². The summed E-state index contributed by atoms with van der Waals surface area (Å²) in [6.07, 6.45) is 0. The number of amides is 1. The van der Waals surface area contributed by atoms with Crippen molar-refractivity contribution in [2.75, 3.05) is 7.05 Å². The second-order valence-electron chi connectivity index (χ2n) is 3.86. The number of benzene rings is 1. The molecule has 0 spiro atoms. The van der Waals surface area contributed by atoms with Gasteiger partial charge in [0.1, 0.15) is 17.1 Å². The van der Waals surface area contributed by atoms with Gasteiger partial charge in [0, 0.05) is 13.1 Å². The molecule has 1 aromatic heterocycles. The third-order valence-corrected chi connectivity index (χ3v) is 2.50. The maximum atomic E-state index is 13.5. The zero-order chi connectivity index (χ0) is 15.4. The molecule has 21 heavy (non-hydrogen) atoms. The summed E-state index contributed by atoms with van der Waals surface area (Å²) in [4.78, 5) is 22.3. The summed E-state index contributed by atoms with van der Waals surface area (Å²) in [5.41, 5.74) is -0.530. The normalized spacial score (nSPS) is 10.0. The number of hydrogen-bond acceptors (Lipinski definition) is 5. The Morgan fingerprint density at radius 1 is 1.24 bits per heavy atom. The van der Waals surface area contributed by atoms with Crippen LogP contribution in [0, 0.1) is 5.82 Å². The van der Waals surface area contributed by atoms with Crippen LogP contribution in [-0.4, -0.2) is 34.2 Å². The quantitative estimate of drug-likeness (QED) is 0.884. The first-order chi connectivity index (χ1) is 10.0. The molecule has 0 unspecified atom stereocenters. The second kappa shape index (κ2) is 5.95. The van der Waals surface area contributed by atoms with Gasteiger partial charge in [0.15, 0.2) is 5.69 Å². The lowest BCUT2D eigenvalue weighted by Gasteiger charge is -2.08. The van der Waals surface area contributed by atoms with Crippen LogP contribution in [0.25, 0.3) is 0 Å². The molecule has 0 fully saturated rings. The maximum Gasteiger partial charge on any atom is 0.342 e. The lowest BCUT2D eigenvalue weighted by Crippen LogP contribution is -2.19. The summed E-state index contributed by atoms with van der Waals surface area (Å²) in [5.74, 6) is -3.07. The Hall–Kier alpha value is -3.03. The van der Waals surface area contributed by atoms with Crippen LogP contribution in [0.3, 0.4) is 0 Å². The van der Waals surface area contributed by atoms with Crippen LogP contribution < -0.4 is 10.1 Å². The molecule has 0 saturated heterocycles. The largest absolute Gasteiger partial charge is 0.477 e. The van der Waals surface area contributed by atoms with Crippen molar-refractivity contribution in [1.82, 2.24) is 15.5 Å². The Morgan fingerprint density at radius 3 is 2.57 bits per heavy atom. The van der Waals surface area contributed by atoms with Gasteiger partial charge in [-0.25, -0.2) is 9.18 Å². The summed E-state index contributed by atoms with van der Waals surface area (Å²) in [5, 5.41) is 18.6. The Balaban J connectivity index is 2.29. The lowest BCUT2D eigenvalue weighted by molar-refractivity contribution is 0.0688. The van der Waals surface area contributed by atoms with Crippen molar-refractivity contribution in [3.05, 3.63) is 47.4 Å². The second-order valence-corrected chi connectivity index (χ2v) is 3.86. The Morgan fingerprint density at radius 2 is 2.00 bits per heavy atom. The van der Waals surface area contributed by atoms with Crippen molar-refractivity contribution in [2.45, 2.75) is 0 Å². The molecule has 0 bridgehead atoms. The first-order valence-corrected chi connectivity index (χ1v) is 5.78. The third kappa shape index (κ3) is 3.11. The highest BCUT2D eigenvalue weighted by Gasteiger charge is 2.18. The van der Waals surface area contributed by atoms with Crippen LogP contribution in [0.5, 0.6) is 11.6 Å². The van der Waals surface area contributed by atoms with Crippen molar-refractivity contribution in [3.8, 4) is 11.6 Å². The Kier molecular flexibility index (Phi) is 4.07. The highest BCUT2D eigenvalue weighted by Crippen LogP contribution is 2.25. The molecular weight excluding hydrogens is 281 g/mol. The van der Waals surface area contributed by atoms with E-state index in [4.69, 9.17) is 9.84 Å². The number of carbonyl (C=O) groups excluding carboxylic acids is 1. The number of carboxylic acids is 1. The van der Waals surface area contributed by atoms with Gasteiger partial charge in [-0.15, -0.1) is 10.2 Å². The molecule has 2 rings (SSSR count). The summed E-state index contributed by atoms with van der Waals surface area (Å²) >= 11 is 0. The standard InChI is InChI=1S/C13H10FN3O4/c1-15-12(18)8-5-6-10(17-16-8)21-9-4-2-3-7(14)11(9)13(19)20/h2-6H,1H3,(H,15,18)(H,19,20). The smallest absolute Gasteiger partial charge is 0.342 e. The van der Waals surface area contributed by atoms with Crippen LogP contribution in [0.15, 0.2) is 30.3 Å². The summed E-state index contributed by atoms with van der Waals surface area (Å²) in [6, 6.07) is 6.29. The molecule has 0 aliphatic heterocycles. The topological polar surface area (TPSA) is 101 Å². The van der Waals surface area contributed by atoms with E-state index >= 15 is 0 Å². The fourth-order valence-corrected chi connectivity index (χ4v) is 1.53. The number of rotatable bonds is 4. The van der Waals surface area contributed by atoms with Gasteiger partial charge in [0.25, 0.3) is 5.91 Å². The highest BCUT2D eigenvalue weighted by atomic mass is 19.1. The average Bonchev–Trinajstić information content (AvgIpc) is 2.47. The molecule has 0 aliphatic carbocycles. The molecule has 1 heterocycles. The molecule has 7 nitrogen and oxygen atoms in total. The molecule has 0 saturated carbocycles. The minimum Gasteiger partial charge on any atom is -0.477 e. The predicted octanol–water partition coefficient (Wildman–Crippen LogP) is 1.47. The van der Waals surface area contributed by atoms with Gasteiger partial charge in [-0.3, -0.25) is 4.79 Å². The van der Waals surface area contributed by atoms with Gasteiger partial charge in [0.2, 0.25) is 5.88 Å². The van der Waals surface area contributed by atoms with Crippen molar-refractivity contribution in [2.24, 2.45) is 0 Å². The van der Waals surface area contributed by atoms with E-state index in [-0.39, 0.29) is 17.3 Å². The number of hydrogen-bond donors (Lipinski definition) is 2. The molecule has 1 aromatic carbocycles. The van der Waals surface area contributed by atoms with Crippen LogP contribution in [0.4, 0.5) is 4.39 Å². The average molecular weight is 291 g/mol. The molecule has 1 amide bonds. The summed E-state index contributed by atoms with van der Waals surface area (Å²) in [7, 11) is 1.44. The first kappa shape index (κ1) is 14.4. The minimum atomic E-state index is -1.46. The number of nitrogens with zero attached hydrogens (tertiary/aromatic N) is 2. The fraction of sp³-hybridized carbons (Fsp3) is 0.0769. The fourth-order valence-electron chi connectivity index (χ4n) is 1.53. The molecule has 0 radical (unpaired) electrons. The zero-order valence-electron chi connectivity index (χ0n) is 10.8. The minimum absolute atomic E-state index is 0.0595. The Bertz CT molecular complexity index is 688. The van der Waals surface area contributed by atoms with E-state index in [1.807, 2.05) is 0 Å². The monoisotopic (exact) mass is 291 g/mol. The number of aromatic nitrogens is 2. The SMILES string of the molecule is CNC(=O)c1ccc(Oc2cccc(F)c2C(=O)O)nn1. The van der Waals surface area contributed by atoms with E-state index in [0.717, 1.165) is 6.07 Å². The van der Waals surface area contributed by atoms with Gasteiger partial charge in [0.05, 0.1) is 0 Å². The molecule has 0 atom stereocenters. The lowest BCUT2D eigenvalue weighted by atomic mass is 10.2. The van der Waals surface area contributed by atoms with Gasteiger partial charge in [-0.1, -0.05) is 6.07 Å². The third-order valence-electron chi connectivity index (χ3n) is 2.50. The molecule has 108 valence electrons. The van der Waals surface area contributed by atoms with E-state index < -0.39 is 23.3 Å². The van der Waals surface area contributed by atoms with Gasteiger partial charge < -0.3 is 15.2 Å². The van der Waals surface area contributed by atoms with Crippen molar-refractivity contribution in [3.63, 3.8) is 0 Å². The number of carbonyl (C=O) groups is 2. The van der Waals surface area contributed by atoms with E-state index in [1.54, 1.807) is 0 Å². The molecule has 0 aliphatic rings. The van der Waals surface area contributed by atoms with E-state index in [0.29, 0.717) is 0 Å². The van der Waals surface area contributed by atoms with E-state index in [9.17, 15) is 14.0 Å². The molecule has 2 aromatic rings. The van der Waals surface area contributed by atoms with Crippen LogP contribution in [-0.2, 0) is 0 Å². The van der Waals surface area contributed by atoms with Gasteiger partial charge >= 0.3 is 5.97 Å². The van der Waals surface area contributed by atoms with E-state index in [2.05, 4.69) is 15.5 Å². The van der Waals surface area contributed by atoms with Gasteiger partial charge in [-0.2, -0.15) is 0 Å². The number of nitrogens with one attached hydrogen (secondary N) is 1. The number of aromatic carboxylic acids is 1. The van der Waals surface area contributed by atoms with Crippen LogP contribution >= 0.6 is 0 Å². The van der Waals surface area contributed by atoms with Crippen LogP contribution in [0.2, 0.25) is 0 Å². The van der Waals surface area contributed by atoms with E-state index in [1.165, 1.54) is 31.3 Å². The highest BCUT2D eigenvalue weighted by molar-refractivity contribution is 5.92. The van der Waals surface area contributed by atoms with Crippen molar-refractivity contribution in [1.29, 1.82) is 0 Å². The first-order valence-electron chi connectivity index (χ1n) is 5.78. The Labute approximate surface area is 118 Å². The number of carboxylic acid groups (broad SMARTS) is 1. The van der Waals surface area contributed by atoms with Crippen molar-refractivity contribution >= 4 is 11.9 Å². The number of ether oxygens (including phenoxy) is 1.